The molecule has 1 aliphatic carbocycles. The fourth-order valence-corrected chi connectivity index (χ4v) is 1.66. The van der Waals surface area contributed by atoms with E-state index in [1.54, 1.807) is 12.5 Å². The van der Waals surface area contributed by atoms with Gasteiger partial charge in [-0.25, -0.2) is 4.98 Å². The minimum atomic E-state index is -0.215. The summed E-state index contributed by atoms with van der Waals surface area (Å²) >= 11 is 0. The summed E-state index contributed by atoms with van der Waals surface area (Å²) in [6.45, 7) is 3.87. The number of hydrogen-bond acceptors (Lipinski definition) is 3. The molecule has 2 rings (SSSR count). The molecular formula is C11H16N4. The van der Waals surface area contributed by atoms with Gasteiger partial charge in [-0.15, -0.1) is 0 Å². The zero-order valence-electron chi connectivity index (χ0n) is 8.98. The van der Waals surface area contributed by atoms with E-state index in [1.165, 1.54) is 12.8 Å². The van der Waals surface area contributed by atoms with Crippen LogP contribution in [0.3, 0.4) is 0 Å². The van der Waals surface area contributed by atoms with Crippen molar-refractivity contribution in [2.24, 2.45) is 5.92 Å². The fourth-order valence-electron chi connectivity index (χ4n) is 1.66. The van der Waals surface area contributed by atoms with E-state index in [1.807, 2.05) is 4.57 Å². The first-order valence-electron chi connectivity index (χ1n) is 5.48. The Labute approximate surface area is 89.9 Å². The molecule has 0 saturated heterocycles. The third-order valence-corrected chi connectivity index (χ3v) is 2.82. The van der Waals surface area contributed by atoms with Gasteiger partial charge in [-0.05, 0) is 32.2 Å². The minimum Gasteiger partial charge on any atom is -0.333 e. The Morgan fingerprint density at radius 1 is 1.73 bits per heavy atom. The number of nitriles is 1. The lowest BCUT2D eigenvalue weighted by atomic mass is 10.2. The maximum absolute atomic E-state index is 9.10. The van der Waals surface area contributed by atoms with E-state index < -0.39 is 0 Å². The van der Waals surface area contributed by atoms with Crippen LogP contribution < -0.4 is 5.32 Å². The highest BCUT2D eigenvalue weighted by Crippen LogP contribution is 2.28. The molecule has 1 aromatic rings. The summed E-state index contributed by atoms with van der Waals surface area (Å²) in [6.07, 6.45) is 6.16. The Morgan fingerprint density at radius 3 is 3.13 bits per heavy atom. The average Bonchev–Trinajstić information content (AvgIpc) is 2.96. The molecule has 0 aliphatic heterocycles. The Morgan fingerprint density at radius 2 is 2.53 bits per heavy atom. The van der Waals surface area contributed by atoms with Crippen molar-refractivity contribution in [3.05, 3.63) is 18.2 Å². The lowest BCUT2D eigenvalue weighted by Gasteiger charge is -2.12. The van der Waals surface area contributed by atoms with Crippen LogP contribution in [0.4, 0.5) is 0 Å². The third kappa shape index (κ3) is 2.37. The molecule has 1 unspecified atom stereocenters. The van der Waals surface area contributed by atoms with Gasteiger partial charge in [0.1, 0.15) is 6.04 Å². The second-order valence-corrected chi connectivity index (χ2v) is 4.02. The zero-order chi connectivity index (χ0) is 10.7. The van der Waals surface area contributed by atoms with Gasteiger partial charge in [0.25, 0.3) is 0 Å². The number of aromatic nitrogens is 2. The van der Waals surface area contributed by atoms with Crippen molar-refractivity contribution in [1.29, 1.82) is 5.26 Å². The van der Waals surface area contributed by atoms with E-state index >= 15 is 0 Å². The molecule has 1 heterocycles. The van der Waals surface area contributed by atoms with Crippen molar-refractivity contribution in [1.82, 2.24) is 14.9 Å². The maximum atomic E-state index is 9.10. The second-order valence-electron chi connectivity index (χ2n) is 4.02. The molecule has 0 bridgehead atoms. The smallest absolute Gasteiger partial charge is 0.138 e. The van der Waals surface area contributed by atoms with E-state index in [0.29, 0.717) is 0 Å². The van der Waals surface area contributed by atoms with Gasteiger partial charge >= 0.3 is 0 Å². The van der Waals surface area contributed by atoms with Crippen LogP contribution in [-0.4, -0.2) is 16.1 Å². The number of rotatable bonds is 5. The predicted octanol–water partition coefficient (Wildman–Crippen LogP) is 1.47. The van der Waals surface area contributed by atoms with Crippen LogP contribution in [0.15, 0.2) is 12.5 Å². The first-order chi connectivity index (χ1) is 7.35. The fraction of sp³-hybridized carbons (Fsp3) is 0.636. The monoisotopic (exact) mass is 204 g/mol. The quantitative estimate of drug-likeness (QED) is 0.790. The summed E-state index contributed by atoms with van der Waals surface area (Å²) in [4.78, 5) is 4.08. The molecule has 1 aromatic heterocycles. The molecule has 1 atom stereocenters. The normalized spacial score (nSPS) is 17.3. The van der Waals surface area contributed by atoms with Gasteiger partial charge in [-0.2, -0.15) is 5.26 Å². The summed E-state index contributed by atoms with van der Waals surface area (Å²) in [7, 11) is 0. The van der Waals surface area contributed by atoms with E-state index in [2.05, 4.69) is 23.3 Å². The van der Waals surface area contributed by atoms with Gasteiger partial charge in [-0.1, -0.05) is 0 Å². The standard InChI is InChI=1S/C11H16N4/c1-2-15-8-13-7-11(15)10(5-12)14-6-9-3-4-9/h7-10,14H,2-4,6H2,1H3. The van der Waals surface area contributed by atoms with Gasteiger partial charge in [0, 0.05) is 6.54 Å². The SMILES string of the molecule is CCn1cncc1C(C#N)NCC1CC1. The summed E-state index contributed by atoms with van der Waals surface area (Å²) < 4.78 is 2.01. The van der Waals surface area contributed by atoms with E-state index in [-0.39, 0.29) is 6.04 Å². The lowest BCUT2D eigenvalue weighted by molar-refractivity contribution is 0.557. The average molecular weight is 204 g/mol. The summed E-state index contributed by atoms with van der Waals surface area (Å²) in [6, 6.07) is 2.08. The molecular weight excluding hydrogens is 188 g/mol. The van der Waals surface area contributed by atoms with Gasteiger partial charge in [0.2, 0.25) is 0 Å². The molecule has 1 N–H and O–H groups in total. The lowest BCUT2D eigenvalue weighted by Crippen LogP contribution is -2.24. The Kier molecular flexibility index (Phi) is 3.02. The van der Waals surface area contributed by atoms with Gasteiger partial charge < -0.3 is 4.57 Å². The minimum absolute atomic E-state index is 0.215. The predicted molar refractivity (Wildman–Crippen MR) is 57.0 cm³/mol. The van der Waals surface area contributed by atoms with Crippen LogP contribution in [0, 0.1) is 17.2 Å². The highest BCUT2D eigenvalue weighted by Gasteiger charge is 2.23. The number of imidazole rings is 1. The first kappa shape index (κ1) is 10.2. The Balaban J connectivity index is 2.01. The van der Waals surface area contributed by atoms with Crippen LogP contribution in [0.1, 0.15) is 31.5 Å². The number of aryl methyl sites for hydroxylation is 1. The number of hydrogen-bond donors (Lipinski definition) is 1. The van der Waals surface area contributed by atoms with Crippen molar-refractivity contribution in [3.8, 4) is 6.07 Å². The Bertz CT molecular complexity index is 359. The molecule has 4 heteroatoms. The van der Waals surface area contributed by atoms with Crippen LogP contribution >= 0.6 is 0 Å². The molecule has 0 spiro atoms. The van der Waals surface area contributed by atoms with Gasteiger partial charge in [-0.3, -0.25) is 5.32 Å². The van der Waals surface area contributed by atoms with Crippen LogP contribution in [0.2, 0.25) is 0 Å². The molecule has 0 radical (unpaired) electrons. The molecule has 1 fully saturated rings. The topological polar surface area (TPSA) is 53.6 Å². The maximum Gasteiger partial charge on any atom is 0.138 e. The molecule has 4 nitrogen and oxygen atoms in total. The molecule has 80 valence electrons. The van der Waals surface area contributed by atoms with Crippen molar-refractivity contribution < 1.29 is 0 Å². The molecule has 1 saturated carbocycles. The van der Waals surface area contributed by atoms with E-state index in [9.17, 15) is 0 Å². The number of nitrogens with zero attached hydrogens (tertiary/aromatic N) is 3. The largest absolute Gasteiger partial charge is 0.333 e. The van der Waals surface area contributed by atoms with E-state index in [4.69, 9.17) is 5.26 Å². The molecule has 15 heavy (non-hydrogen) atoms. The molecule has 0 amide bonds. The zero-order valence-corrected chi connectivity index (χ0v) is 8.98. The third-order valence-electron chi connectivity index (χ3n) is 2.82. The summed E-state index contributed by atoms with van der Waals surface area (Å²) in [5.41, 5.74) is 0.973. The summed E-state index contributed by atoms with van der Waals surface area (Å²) in [5, 5.41) is 12.4. The van der Waals surface area contributed by atoms with Crippen LogP contribution in [0.25, 0.3) is 0 Å². The van der Waals surface area contributed by atoms with Crippen molar-refractivity contribution >= 4 is 0 Å². The van der Waals surface area contributed by atoms with Crippen molar-refractivity contribution in [2.75, 3.05) is 6.54 Å². The molecule has 1 aliphatic rings. The van der Waals surface area contributed by atoms with Gasteiger partial charge in [0.05, 0.1) is 24.3 Å². The van der Waals surface area contributed by atoms with Crippen LogP contribution in [-0.2, 0) is 6.54 Å². The first-order valence-corrected chi connectivity index (χ1v) is 5.48. The second kappa shape index (κ2) is 4.45. The number of nitrogens with one attached hydrogen (secondary N) is 1. The van der Waals surface area contributed by atoms with Crippen LogP contribution in [0.5, 0.6) is 0 Å². The highest BCUT2D eigenvalue weighted by atomic mass is 15.1. The van der Waals surface area contributed by atoms with Gasteiger partial charge in [0.15, 0.2) is 0 Å². The van der Waals surface area contributed by atoms with Crippen molar-refractivity contribution in [2.45, 2.75) is 32.4 Å². The summed E-state index contributed by atoms with van der Waals surface area (Å²) in [5.74, 6) is 0.791. The van der Waals surface area contributed by atoms with Crippen molar-refractivity contribution in [3.63, 3.8) is 0 Å². The Hall–Kier alpha value is -1.34. The molecule has 0 aromatic carbocycles. The highest BCUT2D eigenvalue weighted by molar-refractivity contribution is 5.13. The van der Waals surface area contributed by atoms with E-state index in [0.717, 1.165) is 24.7 Å².